The predicted molar refractivity (Wildman–Crippen MR) is 85.2 cm³/mol. The van der Waals surface area contributed by atoms with Gasteiger partial charge in [0.15, 0.2) is 0 Å². The van der Waals surface area contributed by atoms with E-state index in [1.165, 1.54) is 36.8 Å². The Kier molecular flexibility index (Phi) is 5.57. The van der Waals surface area contributed by atoms with Crippen LogP contribution in [0.5, 0.6) is 0 Å². The average molecular weight is 331 g/mol. The van der Waals surface area contributed by atoms with E-state index in [9.17, 15) is 19.1 Å². The molecule has 0 bridgehead atoms. The Balaban J connectivity index is 2.14. The van der Waals surface area contributed by atoms with Gasteiger partial charge in [0.25, 0.3) is 5.91 Å². The van der Waals surface area contributed by atoms with Crippen molar-refractivity contribution in [1.29, 1.82) is 0 Å². The Morgan fingerprint density at radius 3 is 2.50 bits per heavy atom. The molecule has 0 aliphatic heterocycles. The van der Waals surface area contributed by atoms with E-state index in [1.54, 1.807) is 0 Å². The first kappa shape index (κ1) is 17.5. The molecule has 0 fully saturated rings. The minimum absolute atomic E-state index is 0.0288. The monoisotopic (exact) mass is 331 g/mol. The van der Waals surface area contributed by atoms with Crippen molar-refractivity contribution in [1.82, 2.24) is 15.3 Å². The number of nitrogens with zero attached hydrogens (tertiary/aromatic N) is 2. The van der Waals surface area contributed by atoms with E-state index >= 15 is 0 Å². The maximum Gasteiger partial charge on any atom is 0.312 e. The number of benzene rings is 1. The van der Waals surface area contributed by atoms with Gasteiger partial charge >= 0.3 is 5.97 Å². The number of amides is 1. The molecule has 2 aromatic rings. The van der Waals surface area contributed by atoms with E-state index in [0.29, 0.717) is 16.8 Å². The van der Waals surface area contributed by atoms with Crippen LogP contribution >= 0.6 is 0 Å². The zero-order valence-corrected chi connectivity index (χ0v) is 13.4. The van der Waals surface area contributed by atoms with Gasteiger partial charge in [0.05, 0.1) is 17.2 Å². The summed E-state index contributed by atoms with van der Waals surface area (Å²) in [7, 11) is 0. The fraction of sp³-hybridized carbons (Fsp3) is 0.294. The van der Waals surface area contributed by atoms with Gasteiger partial charge in [-0.05, 0) is 23.6 Å². The summed E-state index contributed by atoms with van der Waals surface area (Å²) in [6, 6.07) is 5.17. The Bertz CT molecular complexity index is 732. The second-order valence-electron chi connectivity index (χ2n) is 5.63. The lowest BCUT2D eigenvalue weighted by atomic mass is 9.99. The van der Waals surface area contributed by atoms with Crippen molar-refractivity contribution in [3.63, 3.8) is 0 Å². The van der Waals surface area contributed by atoms with E-state index in [4.69, 9.17) is 0 Å². The normalized spacial score (nSPS) is 12.0. The van der Waals surface area contributed by atoms with Crippen LogP contribution in [-0.2, 0) is 4.79 Å². The van der Waals surface area contributed by atoms with Crippen LogP contribution in [0.2, 0.25) is 0 Å². The molecule has 6 nitrogen and oxygen atoms in total. The molecule has 2 N–H and O–H groups in total. The SMILES string of the molecule is CC(C)c1ncncc1C(=O)NCC(C(=O)O)c1ccc(F)cc1. The van der Waals surface area contributed by atoms with Crippen molar-refractivity contribution < 1.29 is 19.1 Å². The van der Waals surface area contributed by atoms with E-state index < -0.39 is 23.6 Å². The van der Waals surface area contributed by atoms with Gasteiger partial charge in [-0.2, -0.15) is 0 Å². The third-order valence-corrected chi connectivity index (χ3v) is 3.57. The summed E-state index contributed by atoms with van der Waals surface area (Å²) in [4.78, 5) is 31.7. The lowest BCUT2D eigenvalue weighted by Crippen LogP contribution is -2.32. The lowest BCUT2D eigenvalue weighted by Gasteiger charge is -2.15. The summed E-state index contributed by atoms with van der Waals surface area (Å²) in [5.41, 5.74) is 1.32. The van der Waals surface area contributed by atoms with Crippen molar-refractivity contribution in [2.24, 2.45) is 0 Å². The molecule has 7 heteroatoms. The largest absolute Gasteiger partial charge is 0.481 e. The van der Waals surface area contributed by atoms with Crippen molar-refractivity contribution in [2.45, 2.75) is 25.7 Å². The standard InChI is InChI=1S/C17H18FN3O3/c1-10(2)15-14(7-19-9-21-15)16(22)20-8-13(17(23)24)11-3-5-12(18)6-4-11/h3-7,9-10,13H,8H2,1-2H3,(H,20,22)(H,23,24). The number of halogens is 1. The quantitative estimate of drug-likeness (QED) is 0.847. The van der Waals surface area contributed by atoms with Crippen LogP contribution < -0.4 is 5.32 Å². The number of carbonyl (C=O) groups is 2. The average Bonchev–Trinajstić information content (AvgIpc) is 2.56. The number of hydrogen-bond donors (Lipinski definition) is 2. The Morgan fingerprint density at radius 1 is 1.25 bits per heavy atom. The number of aromatic nitrogens is 2. The second-order valence-corrected chi connectivity index (χ2v) is 5.63. The molecule has 0 aliphatic rings. The van der Waals surface area contributed by atoms with Gasteiger partial charge < -0.3 is 10.4 Å². The minimum atomic E-state index is -1.10. The van der Waals surface area contributed by atoms with Crippen LogP contribution in [0, 0.1) is 5.82 Å². The van der Waals surface area contributed by atoms with Gasteiger partial charge in [0.1, 0.15) is 12.1 Å². The number of carboxylic acid groups (broad SMARTS) is 1. The summed E-state index contributed by atoms with van der Waals surface area (Å²) in [5.74, 6) is -2.93. The first-order valence-electron chi connectivity index (χ1n) is 7.46. The Morgan fingerprint density at radius 2 is 1.92 bits per heavy atom. The maximum absolute atomic E-state index is 13.0. The molecular weight excluding hydrogens is 313 g/mol. The molecule has 0 radical (unpaired) electrons. The molecule has 0 saturated heterocycles. The molecule has 2 rings (SSSR count). The van der Waals surface area contributed by atoms with E-state index in [2.05, 4.69) is 15.3 Å². The summed E-state index contributed by atoms with van der Waals surface area (Å²) in [5, 5.41) is 11.9. The molecule has 1 heterocycles. The zero-order chi connectivity index (χ0) is 17.7. The molecule has 126 valence electrons. The van der Waals surface area contributed by atoms with Crippen molar-refractivity contribution in [3.8, 4) is 0 Å². The van der Waals surface area contributed by atoms with E-state index in [0.717, 1.165) is 0 Å². The summed E-state index contributed by atoms with van der Waals surface area (Å²) >= 11 is 0. The Labute approximate surface area is 138 Å². The number of aliphatic carboxylic acids is 1. The topological polar surface area (TPSA) is 92.2 Å². The fourth-order valence-corrected chi connectivity index (χ4v) is 2.31. The van der Waals surface area contributed by atoms with Crippen LogP contribution in [0.3, 0.4) is 0 Å². The van der Waals surface area contributed by atoms with Gasteiger partial charge in [-0.25, -0.2) is 14.4 Å². The van der Waals surface area contributed by atoms with E-state index in [1.807, 2.05) is 13.8 Å². The maximum atomic E-state index is 13.0. The summed E-state index contributed by atoms with van der Waals surface area (Å²) in [6.45, 7) is 3.68. The molecule has 0 saturated carbocycles. The minimum Gasteiger partial charge on any atom is -0.481 e. The van der Waals surface area contributed by atoms with Gasteiger partial charge in [-0.3, -0.25) is 9.59 Å². The van der Waals surface area contributed by atoms with Gasteiger partial charge in [0, 0.05) is 12.7 Å². The molecule has 1 atom stereocenters. The van der Waals surface area contributed by atoms with Gasteiger partial charge in [0.2, 0.25) is 0 Å². The Hall–Kier alpha value is -2.83. The fourth-order valence-electron chi connectivity index (χ4n) is 2.31. The highest BCUT2D eigenvalue weighted by atomic mass is 19.1. The predicted octanol–water partition coefficient (Wildman–Crippen LogP) is 2.34. The molecular formula is C17H18FN3O3. The molecule has 1 aromatic heterocycles. The third-order valence-electron chi connectivity index (χ3n) is 3.57. The zero-order valence-electron chi connectivity index (χ0n) is 13.4. The van der Waals surface area contributed by atoms with Crippen LogP contribution in [0.4, 0.5) is 4.39 Å². The molecule has 0 aliphatic carbocycles. The van der Waals surface area contributed by atoms with Crippen molar-refractivity contribution in [2.75, 3.05) is 6.54 Å². The van der Waals surface area contributed by atoms with Crippen molar-refractivity contribution >= 4 is 11.9 Å². The van der Waals surface area contributed by atoms with Crippen LogP contribution in [0.15, 0.2) is 36.8 Å². The van der Waals surface area contributed by atoms with Crippen LogP contribution in [0.1, 0.15) is 47.3 Å². The number of carboxylic acids is 1. The molecule has 1 aromatic carbocycles. The molecule has 1 amide bonds. The number of rotatable bonds is 6. The highest BCUT2D eigenvalue weighted by molar-refractivity contribution is 5.95. The van der Waals surface area contributed by atoms with Gasteiger partial charge in [-0.15, -0.1) is 0 Å². The number of nitrogens with one attached hydrogen (secondary N) is 1. The van der Waals surface area contributed by atoms with Crippen LogP contribution in [0.25, 0.3) is 0 Å². The van der Waals surface area contributed by atoms with Gasteiger partial charge in [-0.1, -0.05) is 26.0 Å². The van der Waals surface area contributed by atoms with Crippen molar-refractivity contribution in [3.05, 3.63) is 59.4 Å². The second kappa shape index (κ2) is 7.63. The van der Waals surface area contributed by atoms with E-state index in [-0.39, 0.29) is 12.5 Å². The smallest absolute Gasteiger partial charge is 0.312 e. The third kappa shape index (κ3) is 4.13. The summed E-state index contributed by atoms with van der Waals surface area (Å²) in [6.07, 6.45) is 2.77. The lowest BCUT2D eigenvalue weighted by molar-refractivity contribution is -0.138. The first-order valence-corrected chi connectivity index (χ1v) is 7.46. The number of carbonyl (C=O) groups excluding carboxylic acids is 1. The molecule has 0 spiro atoms. The van der Waals surface area contributed by atoms with Crippen LogP contribution in [-0.4, -0.2) is 33.5 Å². The highest BCUT2D eigenvalue weighted by Gasteiger charge is 2.22. The molecule has 1 unspecified atom stereocenters. The molecule has 24 heavy (non-hydrogen) atoms. The highest BCUT2D eigenvalue weighted by Crippen LogP contribution is 2.18. The summed E-state index contributed by atoms with van der Waals surface area (Å²) < 4.78 is 13.0. The first-order chi connectivity index (χ1) is 11.4. The number of hydrogen-bond acceptors (Lipinski definition) is 4.